The van der Waals surface area contributed by atoms with E-state index in [9.17, 15) is 9.59 Å². The fourth-order valence-corrected chi connectivity index (χ4v) is 1.39. The zero-order valence-electron chi connectivity index (χ0n) is 11.5. The lowest BCUT2D eigenvalue weighted by Gasteiger charge is -2.08. The monoisotopic (exact) mass is 265 g/mol. The highest BCUT2D eigenvalue weighted by Crippen LogP contribution is 2.13. The van der Waals surface area contributed by atoms with Crippen molar-refractivity contribution in [1.82, 2.24) is 0 Å². The van der Waals surface area contributed by atoms with Crippen LogP contribution in [0.15, 0.2) is 18.2 Å². The normalized spacial score (nSPS) is 10.1. The number of aryl methyl sites for hydroxylation is 2. The minimum Gasteiger partial charge on any atom is -0.454 e. The molecule has 0 aromatic heterocycles. The standard InChI is InChI=1S/C14H19NO4/c1-4-18-9-14(17)19-8-13(16)15-12-6-5-10(2)11(3)7-12/h5-7H,4,8-9H2,1-3H3,(H,15,16). The van der Waals surface area contributed by atoms with E-state index < -0.39 is 5.97 Å². The molecule has 1 aromatic rings. The fourth-order valence-electron chi connectivity index (χ4n) is 1.39. The van der Waals surface area contributed by atoms with Gasteiger partial charge in [-0.15, -0.1) is 0 Å². The number of hydrogen-bond donors (Lipinski definition) is 1. The lowest BCUT2D eigenvalue weighted by Crippen LogP contribution is -2.22. The van der Waals surface area contributed by atoms with Crippen molar-refractivity contribution in [2.24, 2.45) is 0 Å². The molecule has 19 heavy (non-hydrogen) atoms. The number of amides is 1. The zero-order valence-corrected chi connectivity index (χ0v) is 11.5. The lowest BCUT2D eigenvalue weighted by atomic mass is 10.1. The number of esters is 1. The van der Waals surface area contributed by atoms with E-state index in [4.69, 9.17) is 9.47 Å². The number of hydrogen-bond acceptors (Lipinski definition) is 4. The average Bonchev–Trinajstić information content (AvgIpc) is 2.38. The van der Waals surface area contributed by atoms with Gasteiger partial charge in [-0.1, -0.05) is 6.07 Å². The summed E-state index contributed by atoms with van der Waals surface area (Å²) < 4.78 is 9.62. The predicted molar refractivity (Wildman–Crippen MR) is 72.0 cm³/mol. The molecule has 0 saturated heterocycles. The maximum Gasteiger partial charge on any atom is 0.332 e. The average molecular weight is 265 g/mol. The van der Waals surface area contributed by atoms with Crippen molar-refractivity contribution >= 4 is 17.6 Å². The van der Waals surface area contributed by atoms with Gasteiger partial charge in [0.15, 0.2) is 6.61 Å². The van der Waals surface area contributed by atoms with Crippen LogP contribution < -0.4 is 5.32 Å². The number of carbonyl (C=O) groups excluding carboxylic acids is 2. The Bertz CT molecular complexity index is 457. The highest BCUT2D eigenvalue weighted by Gasteiger charge is 2.08. The van der Waals surface area contributed by atoms with Gasteiger partial charge in [-0.3, -0.25) is 4.79 Å². The number of rotatable bonds is 6. The Morgan fingerprint density at radius 1 is 1.16 bits per heavy atom. The minimum atomic E-state index is -0.544. The summed E-state index contributed by atoms with van der Waals surface area (Å²) in [5.74, 6) is -0.912. The summed E-state index contributed by atoms with van der Waals surface area (Å²) in [6, 6.07) is 5.60. The van der Waals surface area contributed by atoms with Crippen LogP contribution in [0.4, 0.5) is 5.69 Å². The molecular weight excluding hydrogens is 246 g/mol. The Balaban J connectivity index is 2.38. The first-order valence-electron chi connectivity index (χ1n) is 6.13. The molecule has 1 N–H and O–H groups in total. The summed E-state index contributed by atoms with van der Waals surface area (Å²) in [5, 5.41) is 2.66. The predicted octanol–water partition coefficient (Wildman–Crippen LogP) is 1.82. The van der Waals surface area contributed by atoms with Gasteiger partial charge in [-0.05, 0) is 44.0 Å². The lowest BCUT2D eigenvalue weighted by molar-refractivity contribution is -0.151. The molecule has 0 heterocycles. The topological polar surface area (TPSA) is 64.6 Å². The first kappa shape index (κ1) is 15.2. The molecule has 0 fully saturated rings. The summed E-state index contributed by atoms with van der Waals surface area (Å²) in [6.07, 6.45) is 0. The van der Waals surface area contributed by atoms with E-state index in [2.05, 4.69) is 5.32 Å². The molecule has 0 aliphatic carbocycles. The molecule has 1 amide bonds. The number of anilines is 1. The van der Waals surface area contributed by atoms with Crippen LogP contribution in [0.1, 0.15) is 18.1 Å². The van der Waals surface area contributed by atoms with Crippen LogP contribution in [0.3, 0.4) is 0 Å². The largest absolute Gasteiger partial charge is 0.454 e. The van der Waals surface area contributed by atoms with Crippen molar-refractivity contribution < 1.29 is 19.1 Å². The summed E-state index contributed by atoms with van der Waals surface area (Å²) in [6.45, 7) is 5.74. The molecule has 1 aromatic carbocycles. The Morgan fingerprint density at radius 3 is 2.53 bits per heavy atom. The third-order valence-corrected chi connectivity index (χ3v) is 2.58. The van der Waals surface area contributed by atoms with Gasteiger partial charge in [0.1, 0.15) is 6.61 Å². The van der Waals surface area contributed by atoms with Gasteiger partial charge in [-0.25, -0.2) is 4.79 Å². The second-order valence-corrected chi connectivity index (χ2v) is 4.15. The highest BCUT2D eigenvalue weighted by molar-refractivity contribution is 5.92. The Kier molecular flexibility index (Phi) is 6.02. The molecule has 0 radical (unpaired) electrons. The third-order valence-electron chi connectivity index (χ3n) is 2.58. The van der Waals surface area contributed by atoms with Crippen LogP contribution in [-0.4, -0.2) is 31.7 Å². The number of nitrogens with one attached hydrogen (secondary N) is 1. The fraction of sp³-hybridized carbons (Fsp3) is 0.429. The number of benzene rings is 1. The number of carbonyl (C=O) groups is 2. The molecule has 0 bridgehead atoms. The van der Waals surface area contributed by atoms with Gasteiger partial charge >= 0.3 is 5.97 Å². The van der Waals surface area contributed by atoms with Crippen LogP contribution in [0.5, 0.6) is 0 Å². The van der Waals surface area contributed by atoms with Crippen molar-refractivity contribution in [3.8, 4) is 0 Å². The molecule has 5 heteroatoms. The number of ether oxygens (including phenoxy) is 2. The highest BCUT2D eigenvalue weighted by atomic mass is 16.6. The molecule has 0 aliphatic heterocycles. The molecule has 0 spiro atoms. The van der Waals surface area contributed by atoms with Crippen LogP contribution in [0, 0.1) is 13.8 Å². The molecule has 104 valence electrons. The van der Waals surface area contributed by atoms with Gasteiger partial charge in [-0.2, -0.15) is 0 Å². The zero-order chi connectivity index (χ0) is 14.3. The van der Waals surface area contributed by atoms with Crippen molar-refractivity contribution in [2.45, 2.75) is 20.8 Å². The quantitative estimate of drug-likeness (QED) is 0.797. The molecule has 0 atom stereocenters. The Labute approximate surface area is 112 Å². The first-order valence-corrected chi connectivity index (χ1v) is 6.13. The van der Waals surface area contributed by atoms with Crippen molar-refractivity contribution in [2.75, 3.05) is 25.1 Å². The van der Waals surface area contributed by atoms with Crippen LogP contribution in [0.25, 0.3) is 0 Å². The van der Waals surface area contributed by atoms with Crippen LogP contribution in [0.2, 0.25) is 0 Å². The molecular formula is C14H19NO4. The molecule has 1 rings (SSSR count). The van der Waals surface area contributed by atoms with E-state index in [1.807, 2.05) is 32.0 Å². The van der Waals surface area contributed by atoms with E-state index in [1.165, 1.54) is 0 Å². The summed E-state index contributed by atoms with van der Waals surface area (Å²) in [5.41, 5.74) is 2.93. The van der Waals surface area contributed by atoms with Gasteiger partial charge in [0.25, 0.3) is 5.91 Å². The summed E-state index contributed by atoms with van der Waals surface area (Å²) >= 11 is 0. The second-order valence-electron chi connectivity index (χ2n) is 4.15. The van der Waals surface area contributed by atoms with Gasteiger partial charge in [0, 0.05) is 12.3 Å². The third kappa shape index (κ3) is 5.52. The second kappa shape index (κ2) is 7.53. The smallest absolute Gasteiger partial charge is 0.332 e. The van der Waals surface area contributed by atoms with Crippen LogP contribution >= 0.6 is 0 Å². The van der Waals surface area contributed by atoms with Gasteiger partial charge < -0.3 is 14.8 Å². The SMILES string of the molecule is CCOCC(=O)OCC(=O)Nc1ccc(C)c(C)c1. The van der Waals surface area contributed by atoms with Gasteiger partial charge in [0.05, 0.1) is 0 Å². The Morgan fingerprint density at radius 2 is 1.89 bits per heavy atom. The van der Waals surface area contributed by atoms with E-state index >= 15 is 0 Å². The van der Waals surface area contributed by atoms with E-state index in [0.717, 1.165) is 11.1 Å². The molecule has 0 saturated carbocycles. The summed E-state index contributed by atoms with van der Waals surface area (Å²) in [7, 11) is 0. The molecule has 5 nitrogen and oxygen atoms in total. The van der Waals surface area contributed by atoms with Crippen molar-refractivity contribution in [3.63, 3.8) is 0 Å². The Hall–Kier alpha value is -1.88. The maximum atomic E-state index is 11.6. The molecule has 0 unspecified atom stereocenters. The van der Waals surface area contributed by atoms with Crippen molar-refractivity contribution in [3.05, 3.63) is 29.3 Å². The minimum absolute atomic E-state index is 0.132. The van der Waals surface area contributed by atoms with E-state index in [-0.39, 0.29) is 19.1 Å². The van der Waals surface area contributed by atoms with Crippen LogP contribution in [-0.2, 0) is 19.1 Å². The van der Waals surface area contributed by atoms with Crippen molar-refractivity contribution in [1.29, 1.82) is 0 Å². The first-order chi connectivity index (χ1) is 9.02. The molecule has 0 aliphatic rings. The van der Waals surface area contributed by atoms with E-state index in [0.29, 0.717) is 12.3 Å². The maximum absolute atomic E-state index is 11.6. The van der Waals surface area contributed by atoms with Gasteiger partial charge in [0.2, 0.25) is 0 Å². The summed E-state index contributed by atoms with van der Waals surface area (Å²) in [4.78, 5) is 22.7. The van der Waals surface area contributed by atoms with E-state index in [1.54, 1.807) is 6.92 Å².